The van der Waals surface area contributed by atoms with Crippen LogP contribution in [0.15, 0.2) is 0 Å². The Morgan fingerprint density at radius 2 is 2.11 bits per heavy atom. The monoisotopic (exact) mass is 254 g/mol. The molecule has 1 aliphatic carbocycles. The van der Waals surface area contributed by atoms with Gasteiger partial charge in [0.25, 0.3) is 0 Å². The van der Waals surface area contributed by atoms with E-state index in [9.17, 15) is 9.90 Å². The molecule has 2 rings (SSSR count). The third kappa shape index (κ3) is 3.45. The zero-order valence-corrected chi connectivity index (χ0v) is 11.4. The Morgan fingerprint density at radius 1 is 1.39 bits per heavy atom. The third-order valence-corrected chi connectivity index (χ3v) is 4.64. The summed E-state index contributed by atoms with van der Waals surface area (Å²) in [6, 6.07) is 0. The summed E-state index contributed by atoms with van der Waals surface area (Å²) < 4.78 is 0. The highest BCUT2D eigenvalue weighted by molar-refractivity contribution is 5.79. The van der Waals surface area contributed by atoms with Crippen molar-refractivity contribution in [2.75, 3.05) is 19.6 Å². The molecule has 1 unspecified atom stereocenters. The first-order valence-corrected chi connectivity index (χ1v) is 7.34. The average Bonchev–Trinajstić information content (AvgIpc) is 2.91. The molecule has 0 aromatic carbocycles. The van der Waals surface area contributed by atoms with Crippen molar-refractivity contribution < 1.29 is 9.90 Å². The first-order valence-electron chi connectivity index (χ1n) is 7.34. The van der Waals surface area contributed by atoms with Crippen LogP contribution in [0.3, 0.4) is 0 Å². The van der Waals surface area contributed by atoms with E-state index in [4.69, 9.17) is 0 Å². The van der Waals surface area contributed by atoms with Gasteiger partial charge in [-0.05, 0) is 44.6 Å². The van der Waals surface area contributed by atoms with Crippen LogP contribution < -0.4 is 10.6 Å². The fourth-order valence-corrected chi connectivity index (χ4v) is 3.07. The highest BCUT2D eigenvalue weighted by atomic mass is 16.3. The van der Waals surface area contributed by atoms with Gasteiger partial charge in [0.15, 0.2) is 0 Å². The second-order valence-corrected chi connectivity index (χ2v) is 5.98. The number of hydrogen-bond acceptors (Lipinski definition) is 3. The van der Waals surface area contributed by atoms with Crippen molar-refractivity contribution in [2.45, 2.75) is 51.0 Å². The van der Waals surface area contributed by atoms with Gasteiger partial charge in [-0.15, -0.1) is 0 Å². The molecule has 3 N–H and O–H groups in total. The van der Waals surface area contributed by atoms with E-state index in [0.29, 0.717) is 6.54 Å². The summed E-state index contributed by atoms with van der Waals surface area (Å²) >= 11 is 0. The molecule has 18 heavy (non-hydrogen) atoms. The van der Waals surface area contributed by atoms with Crippen molar-refractivity contribution in [3.05, 3.63) is 0 Å². The third-order valence-electron chi connectivity index (χ3n) is 4.64. The fraction of sp³-hybridized carbons (Fsp3) is 0.929. The van der Waals surface area contributed by atoms with Crippen molar-refractivity contribution >= 4 is 5.91 Å². The number of nitrogens with one attached hydrogen (secondary N) is 2. The summed E-state index contributed by atoms with van der Waals surface area (Å²) in [5.41, 5.74) is -0.659. The van der Waals surface area contributed by atoms with E-state index in [-0.39, 0.29) is 11.8 Å². The predicted molar refractivity (Wildman–Crippen MR) is 71.2 cm³/mol. The number of hydrogen-bond donors (Lipinski definition) is 3. The average molecular weight is 254 g/mol. The van der Waals surface area contributed by atoms with Gasteiger partial charge in [-0.25, -0.2) is 0 Å². The van der Waals surface area contributed by atoms with Gasteiger partial charge >= 0.3 is 0 Å². The van der Waals surface area contributed by atoms with E-state index in [1.807, 2.05) is 0 Å². The lowest BCUT2D eigenvalue weighted by Crippen LogP contribution is -2.47. The number of aliphatic hydroxyl groups is 1. The van der Waals surface area contributed by atoms with Crippen LogP contribution >= 0.6 is 0 Å². The normalized spacial score (nSPS) is 36.6. The van der Waals surface area contributed by atoms with E-state index in [0.717, 1.165) is 51.1 Å². The predicted octanol–water partition coefficient (Wildman–Crippen LogP) is 1.04. The molecule has 0 spiro atoms. The molecule has 4 heteroatoms. The van der Waals surface area contributed by atoms with Gasteiger partial charge < -0.3 is 15.7 Å². The molecule has 1 saturated carbocycles. The number of rotatable bonds is 4. The summed E-state index contributed by atoms with van der Waals surface area (Å²) in [6.07, 6.45) is 5.96. The van der Waals surface area contributed by atoms with E-state index in [2.05, 4.69) is 17.6 Å². The maximum absolute atomic E-state index is 11.9. The molecule has 0 aromatic rings. The number of carbonyl (C=O) groups excluding carboxylic acids is 1. The molecule has 0 aromatic heterocycles. The Labute approximate surface area is 110 Å². The summed E-state index contributed by atoms with van der Waals surface area (Å²) in [7, 11) is 0. The minimum atomic E-state index is -0.659. The van der Waals surface area contributed by atoms with Gasteiger partial charge in [0.1, 0.15) is 0 Å². The minimum absolute atomic E-state index is 0.0978. The van der Waals surface area contributed by atoms with E-state index >= 15 is 0 Å². The SMILES string of the molecule is CCC1CCC(O)(CNC(=O)C2CCNC2)CC1. The largest absolute Gasteiger partial charge is 0.388 e. The van der Waals surface area contributed by atoms with Gasteiger partial charge in [-0.2, -0.15) is 0 Å². The van der Waals surface area contributed by atoms with Crippen LogP contribution in [-0.2, 0) is 4.79 Å². The van der Waals surface area contributed by atoms with Crippen LogP contribution in [-0.4, -0.2) is 36.2 Å². The molecule has 104 valence electrons. The standard InChI is InChI=1S/C14H26N2O2/c1-2-11-3-6-14(18,7-4-11)10-16-13(17)12-5-8-15-9-12/h11-12,15,18H,2-10H2,1H3,(H,16,17). The Hall–Kier alpha value is -0.610. The second kappa shape index (κ2) is 6.02. The van der Waals surface area contributed by atoms with Gasteiger partial charge in [0.05, 0.1) is 11.5 Å². The van der Waals surface area contributed by atoms with E-state index < -0.39 is 5.60 Å². The van der Waals surface area contributed by atoms with Crippen molar-refractivity contribution in [1.29, 1.82) is 0 Å². The topological polar surface area (TPSA) is 61.4 Å². The zero-order chi connectivity index (χ0) is 13.0. The second-order valence-electron chi connectivity index (χ2n) is 5.98. The summed E-state index contributed by atoms with van der Waals surface area (Å²) in [4.78, 5) is 11.9. The molecule has 2 aliphatic rings. The number of amides is 1. The Morgan fingerprint density at radius 3 is 2.67 bits per heavy atom. The first-order chi connectivity index (χ1) is 8.63. The van der Waals surface area contributed by atoms with Crippen LogP contribution in [0.5, 0.6) is 0 Å². The van der Waals surface area contributed by atoms with Crippen LogP contribution in [0.4, 0.5) is 0 Å². The van der Waals surface area contributed by atoms with Gasteiger partial charge in [0, 0.05) is 13.1 Å². The number of carbonyl (C=O) groups is 1. The quantitative estimate of drug-likeness (QED) is 0.702. The maximum atomic E-state index is 11.9. The van der Waals surface area contributed by atoms with Crippen LogP contribution in [0, 0.1) is 11.8 Å². The lowest BCUT2D eigenvalue weighted by atomic mass is 9.78. The Kier molecular flexibility index (Phi) is 4.62. The van der Waals surface area contributed by atoms with Gasteiger partial charge in [-0.1, -0.05) is 13.3 Å². The lowest BCUT2D eigenvalue weighted by Gasteiger charge is -2.36. The molecule has 2 fully saturated rings. The highest BCUT2D eigenvalue weighted by Crippen LogP contribution is 2.33. The first kappa shape index (κ1) is 13.8. The molecule has 1 amide bonds. The van der Waals surface area contributed by atoms with Crippen molar-refractivity contribution in [3.8, 4) is 0 Å². The molecule has 1 heterocycles. The highest BCUT2D eigenvalue weighted by Gasteiger charge is 2.33. The maximum Gasteiger partial charge on any atom is 0.224 e. The van der Waals surface area contributed by atoms with Crippen LogP contribution in [0.25, 0.3) is 0 Å². The zero-order valence-electron chi connectivity index (χ0n) is 11.4. The lowest BCUT2D eigenvalue weighted by molar-refractivity contribution is -0.126. The summed E-state index contributed by atoms with van der Waals surface area (Å²) in [5.74, 6) is 0.964. The summed E-state index contributed by atoms with van der Waals surface area (Å²) in [6.45, 7) is 4.35. The molecular formula is C14H26N2O2. The molecule has 0 bridgehead atoms. The molecular weight excluding hydrogens is 228 g/mol. The Bertz CT molecular complexity index is 280. The molecule has 1 saturated heterocycles. The summed E-state index contributed by atoms with van der Waals surface area (Å²) in [5, 5.41) is 16.6. The van der Waals surface area contributed by atoms with Crippen molar-refractivity contribution in [3.63, 3.8) is 0 Å². The molecule has 1 aliphatic heterocycles. The van der Waals surface area contributed by atoms with Crippen molar-refractivity contribution in [1.82, 2.24) is 10.6 Å². The Balaban J connectivity index is 1.73. The van der Waals surface area contributed by atoms with Crippen molar-refractivity contribution in [2.24, 2.45) is 11.8 Å². The fourth-order valence-electron chi connectivity index (χ4n) is 3.07. The van der Waals surface area contributed by atoms with Gasteiger partial charge in [0.2, 0.25) is 5.91 Å². The van der Waals surface area contributed by atoms with E-state index in [1.165, 1.54) is 6.42 Å². The molecule has 4 nitrogen and oxygen atoms in total. The van der Waals surface area contributed by atoms with E-state index in [1.54, 1.807) is 0 Å². The van der Waals surface area contributed by atoms with Gasteiger partial charge in [-0.3, -0.25) is 4.79 Å². The van der Waals surface area contributed by atoms with Crippen LogP contribution in [0.2, 0.25) is 0 Å². The molecule has 1 atom stereocenters. The minimum Gasteiger partial charge on any atom is -0.388 e. The smallest absolute Gasteiger partial charge is 0.224 e. The molecule has 0 radical (unpaired) electrons. The van der Waals surface area contributed by atoms with Crippen LogP contribution in [0.1, 0.15) is 45.4 Å².